The molecule has 1 rings (SSSR count). The molecule has 0 unspecified atom stereocenters. The summed E-state index contributed by atoms with van der Waals surface area (Å²) in [5.41, 5.74) is 2.48. The van der Waals surface area contributed by atoms with Crippen molar-refractivity contribution in [3.05, 3.63) is 23.7 Å². The van der Waals surface area contributed by atoms with Crippen LogP contribution in [0.5, 0.6) is 0 Å². The van der Waals surface area contributed by atoms with Gasteiger partial charge in [-0.3, -0.25) is 10.2 Å². The van der Waals surface area contributed by atoms with E-state index in [0.717, 1.165) is 12.8 Å². The summed E-state index contributed by atoms with van der Waals surface area (Å²) in [5.74, 6) is 5.17. The molecule has 0 bridgehead atoms. The molecular formula is C10H16N2O3. The minimum absolute atomic E-state index is 0.301. The normalized spacial score (nSPS) is 10.3. The Morgan fingerprint density at radius 3 is 3.13 bits per heavy atom. The van der Waals surface area contributed by atoms with Crippen LogP contribution in [0.4, 0.5) is 0 Å². The number of nitrogens with one attached hydrogen (secondary N) is 1. The number of hydrazine groups is 1. The molecule has 1 amide bonds. The Morgan fingerprint density at radius 2 is 2.47 bits per heavy atom. The fraction of sp³-hybridized carbons (Fsp3) is 0.500. The molecule has 84 valence electrons. The lowest BCUT2D eigenvalue weighted by atomic mass is 10.2. The summed E-state index contributed by atoms with van der Waals surface area (Å²) in [4.78, 5) is 11.2. The first-order valence-electron chi connectivity index (χ1n) is 4.94. The van der Waals surface area contributed by atoms with Crippen molar-refractivity contribution in [2.75, 3.05) is 6.61 Å². The van der Waals surface area contributed by atoms with Crippen LogP contribution in [0.25, 0.3) is 0 Å². The average Bonchev–Trinajstić information content (AvgIpc) is 2.71. The second kappa shape index (κ2) is 6.21. The molecule has 0 saturated heterocycles. The predicted molar refractivity (Wildman–Crippen MR) is 54.9 cm³/mol. The Balaban J connectivity index is 2.46. The number of carbonyl (C=O) groups excluding carboxylic acids is 1. The standard InChI is InChI=1S/C10H16N2O3/c1-2-3-5-14-7-9-8(4-6-15-9)10(13)12-11/h4,6H,2-3,5,7,11H2,1H3,(H,12,13). The van der Waals surface area contributed by atoms with Gasteiger partial charge >= 0.3 is 0 Å². The van der Waals surface area contributed by atoms with Gasteiger partial charge in [0.15, 0.2) is 0 Å². The number of hydrogen-bond acceptors (Lipinski definition) is 4. The van der Waals surface area contributed by atoms with Gasteiger partial charge in [-0.2, -0.15) is 0 Å². The fourth-order valence-corrected chi connectivity index (χ4v) is 1.14. The van der Waals surface area contributed by atoms with Crippen molar-refractivity contribution in [2.24, 2.45) is 5.84 Å². The summed E-state index contributed by atoms with van der Waals surface area (Å²) in [6.07, 6.45) is 3.52. The van der Waals surface area contributed by atoms with Crippen LogP contribution >= 0.6 is 0 Å². The summed E-state index contributed by atoms with van der Waals surface area (Å²) in [6.45, 7) is 3.06. The Labute approximate surface area is 88.6 Å². The number of ether oxygens (including phenoxy) is 1. The molecule has 0 saturated carbocycles. The van der Waals surface area contributed by atoms with Crippen LogP contribution < -0.4 is 11.3 Å². The molecule has 0 radical (unpaired) electrons. The quantitative estimate of drug-likeness (QED) is 0.321. The third-order valence-corrected chi connectivity index (χ3v) is 2.00. The van der Waals surface area contributed by atoms with Gasteiger partial charge < -0.3 is 9.15 Å². The molecule has 15 heavy (non-hydrogen) atoms. The molecule has 5 nitrogen and oxygen atoms in total. The maximum atomic E-state index is 11.2. The minimum atomic E-state index is -0.363. The number of carbonyl (C=O) groups is 1. The van der Waals surface area contributed by atoms with Crippen molar-refractivity contribution in [3.63, 3.8) is 0 Å². The van der Waals surface area contributed by atoms with Crippen molar-refractivity contribution < 1.29 is 13.9 Å². The van der Waals surface area contributed by atoms with Crippen LogP contribution in [0.15, 0.2) is 16.7 Å². The zero-order valence-corrected chi connectivity index (χ0v) is 8.79. The number of nitrogens with two attached hydrogens (primary N) is 1. The van der Waals surface area contributed by atoms with Crippen molar-refractivity contribution in [2.45, 2.75) is 26.4 Å². The van der Waals surface area contributed by atoms with E-state index in [4.69, 9.17) is 15.0 Å². The lowest BCUT2D eigenvalue weighted by Gasteiger charge is -2.02. The van der Waals surface area contributed by atoms with E-state index in [2.05, 4.69) is 12.3 Å². The SMILES string of the molecule is CCCCOCc1occc1C(=O)NN. The minimum Gasteiger partial charge on any atom is -0.466 e. The molecule has 1 heterocycles. The molecule has 0 fully saturated rings. The number of amides is 1. The van der Waals surface area contributed by atoms with E-state index >= 15 is 0 Å². The van der Waals surface area contributed by atoms with E-state index in [1.54, 1.807) is 6.07 Å². The summed E-state index contributed by atoms with van der Waals surface area (Å²) in [7, 11) is 0. The Kier molecular flexibility index (Phi) is 4.86. The number of unbranched alkanes of at least 4 members (excludes halogenated alkanes) is 1. The van der Waals surface area contributed by atoms with Crippen LogP contribution in [0.3, 0.4) is 0 Å². The molecule has 5 heteroatoms. The molecular weight excluding hydrogens is 196 g/mol. The number of rotatable bonds is 6. The zero-order valence-electron chi connectivity index (χ0n) is 8.79. The summed E-state index contributed by atoms with van der Waals surface area (Å²) in [6, 6.07) is 1.57. The molecule has 3 N–H and O–H groups in total. The first kappa shape index (κ1) is 11.7. The molecule has 0 aromatic carbocycles. The Bertz CT molecular complexity index is 309. The monoisotopic (exact) mass is 212 g/mol. The first-order valence-corrected chi connectivity index (χ1v) is 4.94. The molecule has 0 aliphatic heterocycles. The lowest BCUT2D eigenvalue weighted by Crippen LogP contribution is -2.30. The second-order valence-electron chi connectivity index (χ2n) is 3.14. The van der Waals surface area contributed by atoms with Gasteiger partial charge in [-0.05, 0) is 12.5 Å². The van der Waals surface area contributed by atoms with E-state index in [9.17, 15) is 4.79 Å². The summed E-state index contributed by atoms with van der Waals surface area (Å²) < 4.78 is 10.5. The maximum absolute atomic E-state index is 11.2. The van der Waals surface area contributed by atoms with Crippen LogP contribution in [-0.2, 0) is 11.3 Å². The maximum Gasteiger partial charge on any atom is 0.268 e. The largest absolute Gasteiger partial charge is 0.466 e. The van der Waals surface area contributed by atoms with Gasteiger partial charge in [-0.1, -0.05) is 13.3 Å². The van der Waals surface area contributed by atoms with E-state index < -0.39 is 0 Å². The smallest absolute Gasteiger partial charge is 0.268 e. The highest BCUT2D eigenvalue weighted by Crippen LogP contribution is 2.11. The molecule has 1 aromatic heterocycles. The number of furan rings is 1. The summed E-state index contributed by atoms with van der Waals surface area (Å²) >= 11 is 0. The van der Waals surface area contributed by atoms with Gasteiger partial charge in [0.2, 0.25) is 0 Å². The second-order valence-corrected chi connectivity index (χ2v) is 3.14. The van der Waals surface area contributed by atoms with E-state index in [0.29, 0.717) is 24.5 Å². The van der Waals surface area contributed by atoms with Crippen molar-refractivity contribution in [3.8, 4) is 0 Å². The highest BCUT2D eigenvalue weighted by atomic mass is 16.5. The molecule has 0 aliphatic carbocycles. The third kappa shape index (κ3) is 3.38. The Hall–Kier alpha value is -1.33. The lowest BCUT2D eigenvalue weighted by molar-refractivity contribution is 0.0912. The molecule has 0 aliphatic rings. The van der Waals surface area contributed by atoms with Crippen LogP contribution in [0.2, 0.25) is 0 Å². The van der Waals surface area contributed by atoms with Gasteiger partial charge in [0, 0.05) is 6.61 Å². The first-order chi connectivity index (χ1) is 7.29. The van der Waals surface area contributed by atoms with Crippen molar-refractivity contribution >= 4 is 5.91 Å². The fourth-order valence-electron chi connectivity index (χ4n) is 1.14. The van der Waals surface area contributed by atoms with Crippen molar-refractivity contribution in [1.29, 1.82) is 0 Å². The molecule has 0 atom stereocenters. The van der Waals surface area contributed by atoms with Gasteiger partial charge in [0.1, 0.15) is 12.4 Å². The van der Waals surface area contributed by atoms with E-state index in [1.807, 2.05) is 0 Å². The highest BCUT2D eigenvalue weighted by Gasteiger charge is 2.12. The average molecular weight is 212 g/mol. The van der Waals surface area contributed by atoms with Crippen LogP contribution in [0.1, 0.15) is 35.9 Å². The highest BCUT2D eigenvalue weighted by molar-refractivity contribution is 5.94. The Morgan fingerprint density at radius 1 is 1.67 bits per heavy atom. The van der Waals surface area contributed by atoms with Gasteiger partial charge in [-0.25, -0.2) is 5.84 Å². The number of nitrogen functional groups attached to an aromatic ring is 1. The third-order valence-electron chi connectivity index (χ3n) is 2.00. The number of hydrogen-bond donors (Lipinski definition) is 2. The van der Waals surface area contributed by atoms with Crippen molar-refractivity contribution in [1.82, 2.24) is 5.43 Å². The van der Waals surface area contributed by atoms with E-state index in [1.165, 1.54) is 6.26 Å². The van der Waals surface area contributed by atoms with Gasteiger partial charge in [0.25, 0.3) is 5.91 Å². The van der Waals surface area contributed by atoms with Gasteiger partial charge in [-0.15, -0.1) is 0 Å². The van der Waals surface area contributed by atoms with Crippen LogP contribution in [-0.4, -0.2) is 12.5 Å². The zero-order chi connectivity index (χ0) is 11.1. The summed E-state index contributed by atoms with van der Waals surface area (Å²) in [5, 5.41) is 0. The van der Waals surface area contributed by atoms with Crippen LogP contribution in [0, 0.1) is 0 Å². The molecule has 1 aromatic rings. The van der Waals surface area contributed by atoms with E-state index in [-0.39, 0.29) is 5.91 Å². The molecule has 0 spiro atoms. The predicted octanol–water partition coefficient (Wildman–Crippen LogP) is 1.20. The van der Waals surface area contributed by atoms with Gasteiger partial charge in [0.05, 0.1) is 11.8 Å². The topological polar surface area (TPSA) is 77.5 Å².